The molecule has 2 heteroatoms. The second-order valence-electron chi connectivity index (χ2n) is 3.01. The normalized spacial score (nSPS) is 17.6. The Morgan fingerprint density at radius 2 is 2.18 bits per heavy atom. The zero-order valence-corrected chi connectivity index (χ0v) is 7.33. The third-order valence-electron chi connectivity index (χ3n) is 1.84. The monoisotopic (exact) mass is 150 g/mol. The second kappa shape index (κ2) is 2.91. The maximum Gasteiger partial charge on any atom is 0.0553 e. The van der Waals surface area contributed by atoms with Gasteiger partial charge in [0.2, 0.25) is 0 Å². The Balaban J connectivity index is 2.87. The maximum atomic E-state index is 4.08. The summed E-state index contributed by atoms with van der Waals surface area (Å²) < 4.78 is 0. The van der Waals surface area contributed by atoms with Crippen molar-refractivity contribution in [1.82, 2.24) is 5.01 Å². The van der Waals surface area contributed by atoms with Crippen LogP contribution >= 0.6 is 0 Å². The summed E-state index contributed by atoms with van der Waals surface area (Å²) >= 11 is 0. The van der Waals surface area contributed by atoms with Crippen molar-refractivity contribution in [3.8, 4) is 0 Å². The summed E-state index contributed by atoms with van der Waals surface area (Å²) in [6.07, 6.45) is 3.83. The molecule has 0 aliphatic carbocycles. The van der Waals surface area contributed by atoms with E-state index in [-0.39, 0.29) is 0 Å². The van der Waals surface area contributed by atoms with Gasteiger partial charge in [-0.25, -0.2) is 0 Å². The molecular formula is C9H14N2. The molecule has 0 radical (unpaired) electrons. The van der Waals surface area contributed by atoms with E-state index < -0.39 is 0 Å². The van der Waals surface area contributed by atoms with Gasteiger partial charge in [0.1, 0.15) is 0 Å². The first-order valence-electron chi connectivity index (χ1n) is 3.80. The molecule has 1 heterocycles. The lowest BCUT2D eigenvalue weighted by atomic mass is 10.00. The first-order chi connectivity index (χ1) is 5.13. The molecule has 0 saturated heterocycles. The Bertz CT molecular complexity index is 224. The van der Waals surface area contributed by atoms with E-state index in [1.807, 2.05) is 19.3 Å². The zero-order chi connectivity index (χ0) is 8.43. The van der Waals surface area contributed by atoms with E-state index >= 15 is 0 Å². The Morgan fingerprint density at radius 3 is 2.64 bits per heavy atom. The van der Waals surface area contributed by atoms with Gasteiger partial charge in [-0.1, -0.05) is 20.4 Å². The Labute approximate surface area is 67.9 Å². The fraction of sp³-hybridized carbons (Fsp3) is 0.444. The first kappa shape index (κ1) is 8.05. The summed E-state index contributed by atoms with van der Waals surface area (Å²) in [4.78, 5) is 0. The molecule has 0 bridgehead atoms. The number of hydrogen-bond acceptors (Lipinski definition) is 2. The molecule has 11 heavy (non-hydrogen) atoms. The highest BCUT2D eigenvalue weighted by Gasteiger charge is 2.12. The van der Waals surface area contributed by atoms with E-state index in [1.54, 1.807) is 5.01 Å². The minimum absolute atomic E-state index is 0.525. The molecule has 0 unspecified atom stereocenters. The third kappa shape index (κ3) is 1.50. The highest BCUT2D eigenvalue weighted by molar-refractivity contribution is 5.75. The van der Waals surface area contributed by atoms with Gasteiger partial charge in [0.25, 0.3) is 0 Å². The van der Waals surface area contributed by atoms with Gasteiger partial charge < -0.3 is 0 Å². The van der Waals surface area contributed by atoms with Crippen LogP contribution < -0.4 is 0 Å². The zero-order valence-electron chi connectivity index (χ0n) is 7.33. The van der Waals surface area contributed by atoms with Crippen LogP contribution in [0.25, 0.3) is 0 Å². The maximum absolute atomic E-state index is 4.08. The van der Waals surface area contributed by atoms with Gasteiger partial charge in [-0.2, -0.15) is 5.10 Å². The van der Waals surface area contributed by atoms with Gasteiger partial charge >= 0.3 is 0 Å². The molecule has 1 rings (SSSR count). The van der Waals surface area contributed by atoms with Crippen molar-refractivity contribution in [3.05, 3.63) is 23.9 Å². The summed E-state index contributed by atoms with van der Waals surface area (Å²) in [6.45, 7) is 8.26. The third-order valence-corrected chi connectivity index (χ3v) is 1.84. The van der Waals surface area contributed by atoms with Crippen LogP contribution in [0.2, 0.25) is 0 Å². The molecule has 0 saturated carbocycles. The number of hydrazone groups is 1. The molecular weight excluding hydrogens is 136 g/mol. The smallest absolute Gasteiger partial charge is 0.0553 e. The molecule has 0 aromatic heterocycles. The molecule has 2 nitrogen and oxygen atoms in total. The number of nitrogens with zero attached hydrogens (tertiary/aromatic N) is 2. The molecule has 0 N–H and O–H groups in total. The van der Waals surface area contributed by atoms with Gasteiger partial charge in [0.15, 0.2) is 0 Å². The standard InChI is InChI=1S/C9H14N2/c1-7(2)9-5-6-10-11(4)8(9)3/h5-7H,3H2,1-2,4H3. The van der Waals surface area contributed by atoms with Crippen LogP contribution in [-0.2, 0) is 0 Å². The molecule has 0 spiro atoms. The first-order valence-corrected chi connectivity index (χ1v) is 3.80. The average Bonchev–Trinajstić information content (AvgIpc) is 1.94. The van der Waals surface area contributed by atoms with Gasteiger partial charge in [-0.05, 0) is 17.6 Å². The lowest BCUT2D eigenvalue weighted by molar-refractivity contribution is 0.443. The van der Waals surface area contributed by atoms with Crippen LogP contribution in [0.3, 0.4) is 0 Å². The molecule has 1 aliphatic rings. The van der Waals surface area contributed by atoms with Crippen molar-refractivity contribution in [2.75, 3.05) is 7.05 Å². The average molecular weight is 150 g/mol. The van der Waals surface area contributed by atoms with Gasteiger partial charge in [-0.3, -0.25) is 5.01 Å². The number of hydrogen-bond donors (Lipinski definition) is 0. The van der Waals surface area contributed by atoms with Gasteiger partial charge in [0.05, 0.1) is 5.70 Å². The largest absolute Gasteiger partial charge is 0.269 e. The minimum atomic E-state index is 0.525. The predicted octanol–water partition coefficient (Wildman–Crippen LogP) is 2.01. The van der Waals surface area contributed by atoms with Crippen molar-refractivity contribution >= 4 is 6.21 Å². The van der Waals surface area contributed by atoms with Gasteiger partial charge in [0, 0.05) is 13.3 Å². The van der Waals surface area contributed by atoms with E-state index in [4.69, 9.17) is 0 Å². The lowest BCUT2D eigenvalue weighted by Gasteiger charge is -2.23. The van der Waals surface area contributed by atoms with Crippen molar-refractivity contribution in [3.63, 3.8) is 0 Å². The number of likely N-dealkylation sites (N-methyl/N-ethyl adjacent to an activating group) is 1. The lowest BCUT2D eigenvalue weighted by Crippen LogP contribution is -2.17. The minimum Gasteiger partial charge on any atom is -0.269 e. The summed E-state index contributed by atoms with van der Waals surface area (Å²) in [7, 11) is 1.91. The van der Waals surface area contributed by atoms with Gasteiger partial charge in [-0.15, -0.1) is 0 Å². The molecule has 0 aromatic carbocycles. The van der Waals surface area contributed by atoms with Crippen LogP contribution in [-0.4, -0.2) is 18.3 Å². The van der Waals surface area contributed by atoms with Crippen LogP contribution in [0.15, 0.2) is 29.0 Å². The highest BCUT2D eigenvalue weighted by atomic mass is 15.4. The van der Waals surface area contributed by atoms with Crippen LogP contribution in [0.4, 0.5) is 0 Å². The summed E-state index contributed by atoms with van der Waals surface area (Å²) in [5.41, 5.74) is 2.27. The molecule has 60 valence electrons. The summed E-state index contributed by atoms with van der Waals surface area (Å²) in [5.74, 6) is 0.525. The fourth-order valence-corrected chi connectivity index (χ4v) is 1.09. The van der Waals surface area contributed by atoms with Crippen LogP contribution in [0, 0.1) is 5.92 Å². The molecule has 0 aromatic rings. The van der Waals surface area contributed by atoms with E-state index in [0.717, 1.165) is 5.70 Å². The van der Waals surface area contributed by atoms with E-state index in [1.165, 1.54) is 5.57 Å². The molecule has 0 amide bonds. The van der Waals surface area contributed by atoms with E-state index in [2.05, 4.69) is 25.5 Å². The summed E-state index contributed by atoms with van der Waals surface area (Å²) in [6, 6.07) is 0. The van der Waals surface area contributed by atoms with E-state index in [9.17, 15) is 0 Å². The quantitative estimate of drug-likeness (QED) is 0.558. The van der Waals surface area contributed by atoms with E-state index in [0.29, 0.717) is 5.92 Å². The molecule has 1 aliphatic heterocycles. The number of rotatable bonds is 1. The molecule has 0 fully saturated rings. The highest BCUT2D eigenvalue weighted by Crippen LogP contribution is 2.22. The van der Waals surface area contributed by atoms with Crippen molar-refractivity contribution in [2.45, 2.75) is 13.8 Å². The van der Waals surface area contributed by atoms with Crippen molar-refractivity contribution in [1.29, 1.82) is 0 Å². The Morgan fingerprint density at radius 1 is 1.55 bits per heavy atom. The number of allylic oxidation sites excluding steroid dienone is 2. The van der Waals surface area contributed by atoms with Crippen molar-refractivity contribution < 1.29 is 0 Å². The fourth-order valence-electron chi connectivity index (χ4n) is 1.09. The van der Waals surface area contributed by atoms with Crippen LogP contribution in [0.5, 0.6) is 0 Å². The second-order valence-corrected chi connectivity index (χ2v) is 3.01. The Hall–Kier alpha value is -1.05. The summed E-state index contributed by atoms with van der Waals surface area (Å²) in [5, 5.41) is 5.88. The predicted molar refractivity (Wildman–Crippen MR) is 48.3 cm³/mol. The topological polar surface area (TPSA) is 15.6 Å². The molecule has 0 atom stereocenters. The van der Waals surface area contributed by atoms with Crippen LogP contribution in [0.1, 0.15) is 13.8 Å². The Kier molecular flexibility index (Phi) is 2.13. The van der Waals surface area contributed by atoms with Crippen molar-refractivity contribution in [2.24, 2.45) is 11.0 Å². The SMILES string of the molecule is C=C1C(C(C)C)=CC=NN1C.